The van der Waals surface area contributed by atoms with Crippen LogP contribution in [-0.4, -0.2) is 29.6 Å². The number of benzene rings is 1. The molecule has 0 aromatic heterocycles. The van der Waals surface area contributed by atoms with Crippen LogP contribution >= 0.6 is 11.6 Å². The van der Waals surface area contributed by atoms with E-state index in [0.29, 0.717) is 11.1 Å². The van der Waals surface area contributed by atoms with E-state index < -0.39 is 5.54 Å². The van der Waals surface area contributed by atoms with Crippen LogP contribution < -0.4 is 5.32 Å². The van der Waals surface area contributed by atoms with Crippen molar-refractivity contribution in [3.8, 4) is 6.07 Å². The van der Waals surface area contributed by atoms with Crippen LogP contribution in [0.5, 0.6) is 0 Å². The van der Waals surface area contributed by atoms with E-state index in [-0.39, 0.29) is 0 Å². The average molecular weight is 264 g/mol. The Labute approximate surface area is 113 Å². The quantitative estimate of drug-likeness (QED) is 0.911. The minimum absolute atomic E-state index is 0.466. The predicted molar refractivity (Wildman–Crippen MR) is 74.7 cm³/mol. The standard InChI is InChI=1S/C14H18ClN3/c1-11(2)18-8-7-14(9-16,10-18)17-13-6-4-3-5-12(13)15/h3-6,11,17H,7-8,10H2,1-2H3. The van der Waals surface area contributed by atoms with E-state index in [9.17, 15) is 5.26 Å². The van der Waals surface area contributed by atoms with Crippen molar-refractivity contribution in [2.24, 2.45) is 0 Å². The van der Waals surface area contributed by atoms with Gasteiger partial charge in [0.2, 0.25) is 0 Å². The Hall–Kier alpha value is -1.24. The van der Waals surface area contributed by atoms with Crippen LogP contribution in [0.15, 0.2) is 24.3 Å². The van der Waals surface area contributed by atoms with Crippen LogP contribution in [0.4, 0.5) is 5.69 Å². The molecule has 96 valence electrons. The molecule has 3 nitrogen and oxygen atoms in total. The molecule has 0 radical (unpaired) electrons. The second-order valence-corrected chi connectivity index (χ2v) is 5.52. The molecule has 1 aromatic carbocycles. The van der Waals surface area contributed by atoms with Gasteiger partial charge in [-0.2, -0.15) is 5.26 Å². The number of para-hydroxylation sites is 1. The van der Waals surface area contributed by atoms with Gasteiger partial charge in [-0.25, -0.2) is 0 Å². The molecule has 1 saturated heterocycles. The Morgan fingerprint density at radius 1 is 1.44 bits per heavy atom. The van der Waals surface area contributed by atoms with Gasteiger partial charge in [-0.1, -0.05) is 23.7 Å². The summed E-state index contributed by atoms with van der Waals surface area (Å²) < 4.78 is 0. The van der Waals surface area contributed by atoms with E-state index >= 15 is 0 Å². The molecule has 1 aromatic rings. The lowest BCUT2D eigenvalue weighted by atomic mass is 10.0. The first-order valence-electron chi connectivity index (χ1n) is 6.24. The largest absolute Gasteiger partial charge is 0.365 e. The second-order valence-electron chi connectivity index (χ2n) is 5.11. The number of likely N-dealkylation sites (tertiary alicyclic amines) is 1. The van der Waals surface area contributed by atoms with Gasteiger partial charge in [-0.15, -0.1) is 0 Å². The highest BCUT2D eigenvalue weighted by Crippen LogP contribution is 2.30. The monoisotopic (exact) mass is 263 g/mol. The summed E-state index contributed by atoms with van der Waals surface area (Å²) in [4.78, 5) is 2.31. The highest BCUT2D eigenvalue weighted by atomic mass is 35.5. The summed E-state index contributed by atoms with van der Waals surface area (Å²) in [7, 11) is 0. The number of hydrogen-bond acceptors (Lipinski definition) is 3. The van der Waals surface area contributed by atoms with Crippen molar-refractivity contribution in [3.63, 3.8) is 0 Å². The van der Waals surface area contributed by atoms with Crippen molar-refractivity contribution in [2.45, 2.75) is 31.8 Å². The molecule has 0 bridgehead atoms. The molecule has 4 heteroatoms. The molecule has 1 heterocycles. The van der Waals surface area contributed by atoms with E-state index in [1.807, 2.05) is 24.3 Å². The maximum atomic E-state index is 9.49. The van der Waals surface area contributed by atoms with Crippen molar-refractivity contribution < 1.29 is 0 Å². The van der Waals surface area contributed by atoms with Crippen LogP contribution in [0, 0.1) is 11.3 Å². The number of nitriles is 1. The molecular weight excluding hydrogens is 246 g/mol. The van der Waals surface area contributed by atoms with Crippen LogP contribution in [0.2, 0.25) is 5.02 Å². The molecule has 1 aliphatic heterocycles. The van der Waals surface area contributed by atoms with Gasteiger partial charge in [0, 0.05) is 19.1 Å². The third-order valence-electron chi connectivity index (χ3n) is 3.49. The number of anilines is 1. The third-order valence-corrected chi connectivity index (χ3v) is 3.82. The molecule has 0 aliphatic carbocycles. The highest BCUT2D eigenvalue weighted by molar-refractivity contribution is 6.33. The summed E-state index contributed by atoms with van der Waals surface area (Å²) in [6.07, 6.45) is 0.826. The molecule has 1 aliphatic rings. The molecule has 1 atom stereocenters. The Kier molecular flexibility index (Phi) is 3.79. The highest BCUT2D eigenvalue weighted by Gasteiger charge is 2.39. The Morgan fingerprint density at radius 2 is 2.17 bits per heavy atom. The van der Waals surface area contributed by atoms with Crippen LogP contribution in [-0.2, 0) is 0 Å². The first-order valence-corrected chi connectivity index (χ1v) is 6.62. The van der Waals surface area contributed by atoms with Crippen molar-refractivity contribution >= 4 is 17.3 Å². The van der Waals surface area contributed by atoms with Crippen LogP contribution in [0.1, 0.15) is 20.3 Å². The normalized spacial score (nSPS) is 24.2. The SMILES string of the molecule is CC(C)N1CCC(C#N)(Nc2ccccc2Cl)C1. The minimum Gasteiger partial charge on any atom is -0.365 e. The number of nitrogens with one attached hydrogen (secondary N) is 1. The Balaban J connectivity index is 2.17. The third kappa shape index (κ3) is 2.60. The average Bonchev–Trinajstić information content (AvgIpc) is 2.77. The van der Waals surface area contributed by atoms with Gasteiger partial charge in [-0.3, -0.25) is 4.90 Å². The van der Waals surface area contributed by atoms with Crippen LogP contribution in [0.3, 0.4) is 0 Å². The zero-order valence-electron chi connectivity index (χ0n) is 10.8. The van der Waals surface area contributed by atoms with Gasteiger partial charge < -0.3 is 5.32 Å². The zero-order valence-corrected chi connectivity index (χ0v) is 11.5. The lowest BCUT2D eigenvalue weighted by molar-refractivity contribution is 0.268. The lowest BCUT2D eigenvalue weighted by Crippen LogP contribution is -2.41. The Morgan fingerprint density at radius 3 is 2.72 bits per heavy atom. The van der Waals surface area contributed by atoms with E-state index in [4.69, 9.17) is 11.6 Å². The van der Waals surface area contributed by atoms with Gasteiger partial charge in [0.15, 0.2) is 0 Å². The van der Waals surface area contributed by atoms with Crippen molar-refractivity contribution in [1.29, 1.82) is 5.26 Å². The van der Waals surface area contributed by atoms with E-state index in [1.165, 1.54) is 0 Å². The molecule has 1 fully saturated rings. The summed E-state index contributed by atoms with van der Waals surface area (Å²) in [5.74, 6) is 0. The van der Waals surface area contributed by atoms with Crippen LogP contribution in [0.25, 0.3) is 0 Å². The zero-order chi connectivity index (χ0) is 13.2. The second kappa shape index (κ2) is 5.17. The molecule has 1 unspecified atom stereocenters. The van der Waals surface area contributed by atoms with E-state index in [2.05, 4.69) is 30.1 Å². The Bertz CT molecular complexity index is 466. The fourth-order valence-electron chi connectivity index (χ4n) is 2.32. The smallest absolute Gasteiger partial charge is 0.139 e. The molecule has 2 rings (SSSR count). The minimum atomic E-state index is -0.519. The van der Waals surface area contributed by atoms with E-state index in [0.717, 1.165) is 25.2 Å². The van der Waals surface area contributed by atoms with Gasteiger partial charge >= 0.3 is 0 Å². The first-order chi connectivity index (χ1) is 8.56. The molecular formula is C14H18ClN3. The van der Waals surface area contributed by atoms with Gasteiger partial charge in [0.05, 0.1) is 16.8 Å². The van der Waals surface area contributed by atoms with Gasteiger partial charge in [0.1, 0.15) is 5.54 Å². The first kappa shape index (κ1) is 13.2. The fourth-order valence-corrected chi connectivity index (χ4v) is 2.50. The summed E-state index contributed by atoms with van der Waals surface area (Å²) in [6.45, 7) is 6.00. The molecule has 0 amide bonds. The molecule has 0 saturated carbocycles. The van der Waals surface area contributed by atoms with Crippen molar-refractivity contribution in [3.05, 3.63) is 29.3 Å². The van der Waals surface area contributed by atoms with Gasteiger partial charge in [-0.05, 0) is 32.4 Å². The summed E-state index contributed by atoms with van der Waals surface area (Å²) in [5, 5.41) is 13.5. The maximum absolute atomic E-state index is 9.49. The summed E-state index contributed by atoms with van der Waals surface area (Å²) in [5.41, 5.74) is 0.321. The maximum Gasteiger partial charge on any atom is 0.139 e. The molecule has 18 heavy (non-hydrogen) atoms. The lowest BCUT2D eigenvalue weighted by Gasteiger charge is -2.26. The number of nitrogens with zero attached hydrogens (tertiary/aromatic N) is 2. The topological polar surface area (TPSA) is 39.1 Å². The molecule has 1 N–H and O–H groups in total. The van der Waals surface area contributed by atoms with Crippen molar-refractivity contribution in [2.75, 3.05) is 18.4 Å². The summed E-state index contributed by atoms with van der Waals surface area (Å²) in [6, 6.07) is 10.5. The predicted octanol–water partition coefficient (Wildman–Crippen LogP) is 3.13. The number of hydrogen-bond donors (Lipinski definition) is 1. The van der Waals surface area contributed by atoms with E-state index in [1.54, 1.807) is 0 Å². The van der Waals surface area contributed by atoms with Gasteiger partial charge in [0.25, 0.3) is 0 Å². The van der Waals surface area contributed by atoms with Crippen molar-refractivity contribution in [1.82, 2.24) is 4.90 Å². The fraction of sp³-hybridized carbons (Fsp3) is 0.500. The number of halogens is 1. The summed E-state index contributed by atoms with van der Waals surface area (Å²) >= 11 is 6.14. The molecule has 0 spiro atoms. The number of rotatable bonds is 3.